The summed E-state index contributed by atoms with van der Waals surface area (Å²) >= 11 is 0. The third kappa shape index (κ3) is 3.28. The van der Waals surface area contributed by atoms with E-state index in [0.29, 0.717) is 11.6 Å². The third-order valence-electron chi connectivity index (χ3n) is 2.60. The van der Waals surface area contributed by atoms with Crippen LogP contribution in [0.2, 0.25) is 0 Å². The molecule has 2 heteroatoms. The summed E-state index contributed by atoms with van der Waals surface area (Å²) in [5.74, 6) is 0. The molecule has 1 atom stereocenters. The van der Waals surface area contributed by atoms with Crippen molar-refractivity contribution in [1.29, 1.82) is 0 Å². The molecule has 0 aromatic carbocycles. The normalized spacial score (nSPS) is 25.8. The second-order valence-corrected chi connectivity index (χ2v) is 5.62. The summed E-state index contributed by atoms with van der Waals surface area (Å²) in [6.07, 6.45) is 3.38. The average Bonchev–Trinajstić information content (AvgIpc) is 2.31. The van der Waals surface area contributed by atoms with Crippen LogP contribution in [-0.4, -0.2) is 43.2 Å². The molecule has 0 aromatic heterocycles. The van der Waals surface area contributed by atoms with Crippen LogP contribution in [0, 0.1) is 5.41 Å². The van der Waals surface area contributed by atoms with E-state index in [-0.39, 0.29) is 0 Å². The number of nitrogens with zero attached hydrogens (tertiary/aromatic N) is 2. The minimum atomic E-state index is 0.429. The van der Waals surface area contributed by atoms with Crippen molar-refractivity contribution in [3.63, 3.8) is 0 Å². The smallest absolute Gasteiger partial charge is 0.0618 e. The summed E-state index contributed by atoms with van der Waals surface area (Å²) in [5, 5.41) is 0. The highest BCUT2D eigenvalue weighted by Crippen LogP contribution is 2.24. The molecule has 0 saturated carbocycles. The fourth-order valence-corrected chi connectivity index (χ4v) is 2.19. The van der Waals surface area contributed by atoms with Crippen LogP contribution in [0.4, 0.5) is 0 Å². The van der Waals surface area contributed by atoms with Gasteiger partial charge in [-0.15, -0.1) is 0 Å². The summed E-state index contributed by atoms with van der Waals surface area (Å²) in [6.45, 7) is 9.45. The molecule has 78 valence electrons. The Morgan fingerprint density at radius 3 is 2.38 bits per heavy atom. The number of rotatable bonds is 2. The van der Waals surface area contributed by atoms with Crippen LogP contribution in [0.5, 0.6) is 0 Å². The van der Waals surface area contributed by atoms with E-state index in [1.165, 1.54) is 25.9 Å². The van der Waals surface area contributed by atoms with Gasteiger partial charge in [0.1, 0.15) is 0 Å². The van der Waals surface area contributed by atoms with E-state index in [2.05, 4.69) is 44.7 Å². The van der Waals surface area contributed by atoms with Gasteiger partial charge in [0, 0.05) is 6.54 Å². The molecule has 1 aliphatic rings. The molecular formula is C11H24N2. The number of hydrogen-bond donors (Lipinski definition) is 0. The number of likely N-dealkylation sites (tertiary alicyclic amines) is 1. The van der Waals surface area contributed by atoms with Gasteiger partial charge >= 0.3 is 0 Å². The lowest BCUT2D eigenvalue weighted by Crippen LogP contribution is -2.43. The van der Waals surface area contributed by atoms with Crippen molar-refractivity contribution in [2.45, 2.75) is 39.8 Å². The highest BCUT2D eigenvalue weighted by Gasteiger charge is 2.28. The van der Waals surface area contributed by atoms with E-state index in [0.717, 1.165) is 0 Å². The van der Waals surface area contributed by atoms with E-state index in [1.54, 1.807) is 0 Å². The van der Waals surface area contributed by atoms with Crippen LogP contribution >= 0.6 is 0 Å². The molecule has 1 aliphatic heterocycles. The molecule has 1 heterocycles. The minimum absolute atomic E-state index is 0.429. The van der Waals surface area contributed by atoms with E-state index < -0.39 is 0 Å². The van der Waals surface area contributed by atoms with Gasteiger partial charge < -0.3 is 0 Å². The third-order valence-corrected chi connectivity index (χ3v) is 2.60. The Bertz CT molecular complexity index is 158. The zero-order valence-corrected chi connectivity index (χ0v) is 9.80. The first-order valence-corrected chi connectivity index (χ1v) is 5.31. The molecule has 0 spiro atoms. The van der Waals surface area contributed by atoms with Gasteiger partial charge in [-0.25, -0.2) is 0 Å². The zero-order valence-electron chi connectivity index (χ0n) is 9.80. The Hall–Kier alpha value is -0.0800. The molecule has 13 heavy (non-hydrogen) atoms. The quantitative estimate of drug-likeness (QED) is 0.648. The summed E-state index contributed by atoms with van der Waals surface area (Å²) < 4.78 is 0. The maximum Gasteiger partial charge on any atom is 0.0618 e. The maximum absolute atomic E-state index is 2.61. The average molecular weight is 184 g/mol. The van der Waals surface area contributed by atoms with Crippen molar-refractivity contribution in [3.05, 3.63) is 0 Å². The SMILES string of the molecule is CN(C)C1CCCN1CC(C)(C)C. The van der Waals surface area contributed by atoms with Crippen LogP contribution in [0.3, 0.4) is 0 Å². The summed E-state index contributed by atoms with van der Waals surface area (Å²) in [7, 11) is 4.37. The fourth-order valence-electron chi connectivity index (χ4n) is 2.19. The first-order valence-electron chi connectivity index (χ1n) is 5.31. The van der Waals surface area contributed by atoms with Gasteiger partial charge in [0.2, 0.25) is 0 Å². The number of hydrogen-bond acceptors (Lipinski definition) is 2. The van der Waals surface area contributed by atoms with Crippen molar-refractivity contribution in [2.75, 3.05) is 27.2 Å². The molecule has 0 aromatic rings. The second kappa shape index (κ2) is 3.97. The molecule has 1 rings (SSSR count). The maximum atomic E-state index is 2.61. The van der Waals surface area contributed by atoms with Crippen molar-refractivity contribution >= 4 is 0 Å². The summed E-state index contributed by atoms with van der Waals surface area (Å²) in [4.78, 5) is 4.96. The van der Waals surface area contributed by atoms with Gasteiger partial charge in [0.15, 0.2) is 0 Å². The Balaban J connectivity index is 2.49. The standard InChI is InChI=1S/C11H24N2/c1-11(2,3)9-13-8-6-7-10(13)12(4)5/h10H,6-9H2,1-5H3. The molecule has 1 fully saturated rings. The van der Waals surface area contributed by atoms with Crippen LogP contribution in [-0.2, 0) is 0 Å². The molecule has 0 amide bonds. The van der Waals surface area contributed by atoms with E-state index in [9.17, 15) is 0 Å². The molecule has 0 aliphatic carbocycles. The van der Waals surface area contributed by atoms with Crippen LogP contribution in [0.1, 0.15) is 33.6 Å². The predicted octanol–water partition coefficient (Wildman–Crippen LogP) is 2.02. The van der Waals surface area contributed by atoms with Gasteiger partial charge in [0.25, 0.3) is 0 Å². The summed E-state index contributed by atoms with van der Waals surface area (Å²) in [5.41, 5.74) is 0.429. The molecule has 1 unspecified atom stereocenters. The Kier molecular flexibility index (Phi) is 3.36. The molecule has 0 N–H and O–H groups in total. The fraction of sp³-hybridized carbons (Fsp3) is 1.00. The van der Waals surface area contributed by atoms with Gasteiger partial charge in [-0.05, 0) is 38.9 Å². The molecule has 0 bridgehead atoms. The van der Waals surface area contributed by atoms with Crippen LogP contribution < -0.4 is 0 Å². The van der Waals surface area contributed by atoms with Crippen molar-refractivity contribution in [2.24, 2.45) is 5.41 Å². The first-order chi connectivity index (χ1) is 5.90. The first kappa shape index (κ1) is 11.0. The summed E-state index contributed by atoms with van der Waals surface area (Å²) in [6, 6.07) is 0. The lowest BCUT2D eigenvalue weighted by molar-refractivity contribution is 0.0871. The largest absolute Gasteiger partial charge is 0.294 e. The molecule has 1 saturated heterocycles. The van der Waals surface area contributed by atoms with Crippen molar-refractivity contribution < 1.29 is 0 Å². The lowest BCUT2D eigenvalue weighted by atomic mass is 9.96. The molecular weight excluding hydrogens is 160 g/mol. The highest BCUT2D eigenvalue weighted by atomic mass is 15.3. The van der Waals surface area contributed by atoms with E-state index in [4.69, 9.17) is 0 Å². The minimum Gasteiger partial charge on any atom is -0.294 e. The van der Waals surface area contributed by atoms with Gasteiger partial charge in [-0.1, -0.05) is 20.8 Å². The monoisotopic (exact) mass is 184 g/mol. The van der Waals surface area contributed by atoms with Crippen molar-refractivity contribution in [3.8, 4) is 0 Å². The van der Waals surface area contributed by atoms with Gasteiger partial charge in [0.05, 0.1) is 6.17 Å². The van der Waals surface area contributed by atoms with E-state index in [1.807, 2.05) is 0 Å². The lowest BCUT2D eigenvalue weighted by Gasteiger charge is -2.34. The van der Waals surface area contributed by atoms with E-state index >= 15 is 0 Å². The van der Waals surface area contributed by atoms with Gasteiger partial charge in [-0.2, -0.15) is 0 Å². The van der Waals surface area contributed by atoms with Crippen LogP contribution in [0.15, 0.2) is 0 Å². The Morgan fingerprint density at radius 2 is 1.92 bits per heavy atom. The molecule has 0 radical (unpaired) electrons. The molecule has 2 nitrogen and oxygen atoms in total. The Labute approximate surface area is 82.9 Å². The van der Waals surface area contributed by atoms with Crippen LogP contribution in [0.25, 0.3) is 0 Å². The topological polar surface area (TPSA) is 6.48 Å². The predicted molar refractivity (Wildman–Crippen MR) is 57.7 cm³/mol. The highest BCUT2D eigenvalue weighted by molar-refractivity contribution is 4.80. The second-order valence-electron chi connectivity index (χ2n) is 5.62. The Morgan fingerprint density at radius 1 is 1.31 bits per heavy atom. The zero-order chi connectivity index (χ0) is 10.1. The van der Waals surface area contributed by atoms with Gasteiger partial charge in [-0.3, -0.25) is 9.80 Å². The van der Waals surface area contributed by atoms with Crippen molar-refractivity contribution in [1.82, 2.24) is 9.80 Å².